The highest BCUT2D eigenvalue weighted by Crippen LogP contribution is 2.33. The van der Waals surface area contributed by atoms with Crippen molar-refractivity contribution in [3.8, 4) is 0 Å². The van der Waals surface area contributed by atoms with E-state index in [0.29, 0.717) is 6.42 Å². The maximum absolute atomic E-state index is 12.5. The van der Waals surface area contributed by atoms with E-state index >= 15 is 0 Å². The van der Waals surface area contributed by atoms with Gasteiger partial charge in [-0.3, -0.25) is 0 Å². The molecule has 108 valence electrons. The van der Waals surface area contributed by atoms with Crippen molar-refractivity contribution in [3.63, 3.8) is 0 Å². The lowest BCUT2D eigenvalue weighted by Crippen LogP contribution is -2.34. The second-order valence-electron chi connectivity index (χ2n) is 3.94. The molecule has 0 bridgehead atoms. The standard InChI is InChI=1S/C11H16Cl2N2O3S/c1-2-3-15(4-5-16)19(17,18)11-9(12)6-8(14)7-10(11)13/h6-7,16H,2-5,14H2,1H3. The molecule has 3 N–H and O–H groups in total. The number of rotatable bonds is 6. The Morgan fingerprint density at radius 2 is 1.79 bits per heavy atom. The second-order valence-corrected chi connectivity index (χ2v) is 6.63. The Kier molecular flexibility index (Phi) is 5.88. The van der Waals surface area contributed by atoms with Crippen LogP contribution in [0, 0.1) is 0 Å². The molecule has 1 aromatic rings. The van der Waals surface area contributed by atoms with Crippen molar-refractivity contribution in [2.45, 2.75) is 18.2 Å². The van der Waals surface area contributed by atoms with E-state index < -0.39 is 10.0 Å². The number of aliphatic hydroxyl groups is 1. The maximum atomic E-state index is 12.5. The van der Waals surface area contributed by atoms with Crippen molar-refractivity contribution in [2.24, 2.45) is 0 Å². The van der Waals surface area contributed by atoms with Crippen LogP contribution < -0.4 is 5.73 Å². The molecular formula is C11H16Cl2N2O3S. The average Bonchev–Trinajstić information content (AvgIpc) is 2.26. The summed E-state index contributed by atoms with van der Waals surface area (Å²) in [6.45, 7) is 1.84. The van der Waals surface area contributed by atoms with Gasteiger partial charge in [-0.1, -0.05) is 30.1 Å². The SMILES string of the molecule is CCCN(CCO)S(=O)(=O)c1c(Cl)cc(N)cc1Cl. The Labute approximate surface area is 123 Å². The molecule has 0 aromatic heterocycles. The minimum atomic E-state index is -3.85. The molecule has 8 heteroatoms. The van der Waals surface area contributed by atoms with Gasteiger partial charge in [-0.05, 0) is 18.6 Å². The molecule has 0 unspecified atom stereocenters. The molecule has 5 nitrogen and oxygen atoms in total. The van der Waals surface area contributed by atoms with Gasteiger partial charge in [0.2, 0.25) is 10.0 Å². The van der Waals surface area contributed by atoms with Crippen molar-refractivity contribution in [2.75, 3.05) is 25.4 Å². The molecule has 0 saturated heterocycles. The van der Waals surface area contributed by atoms with E-state index in [1.165, 1.54) is 12.1 Å². The number of hydrogen-bond acceptors (Lipinski definition) is 4. The molecular weight excluding hydrogens is 311 g/mol. The van der Waals surface area contributed by atoms with Gasteiger partial charge in [-0.25, -0.2) is 8.42 Å². The van der Waals surface area contributed by atoms with E-state index in [1.807, 2.05) is 6.92 Å². The number of sulfonamides is 1. The molecule has 0 saturated carbocycles. The number of hydrogen-bond donors (Lipinski definition) is 2. The first-order chi connectivity index (χ1) is 8.84. The number of benzene rings is 1. The van der Waals surface area contributed by atoms with Crippen molar-refractivity contribution in [1.82, 2.24) is 4.31 Å². The fourth-order valence-electron chi connectivity index (χ4n) is 1.67. The van der Waals surface area contributed by atoms with Gasteiger partial charge in [0.15, 0.2) is 0 Å². The van der Waals surface area contributed by atoms with Gasteiger partial charge in [0.25, 0.3) is 0 Å². The predicted molar refractivity (Wildman–Crippen MR) is 77.0 cm³/mol. The number of nitrogens with zero attached hydrogens (tertiary/aromatic N) is 1. The van der Waals surface area contributed by atoms with Gasteiger partial charge in [-0.2, -0.15) is 4.31 Å². The Morgan fingerprint density at radius 1 is 1.26 bits per heavy atom. The first kappa shape index (κ1) is 16.5. The summed E-state index contributed by atoms with van der Waals surface area (Å²) in [5, 5.41) is 8.92. The molecule has 0 spiro atoms. The van der Waals surface area contributed by atoms with Gasteiger partial charge in [0.05, 0.1) is 16.7 Å². The van der Waals surface area contributed by atoms with Gasteiger partial charge in [-0.15, -0.1) is 0 Å². The molecule has 0 radical (unpaired) electrons. The number of nitrogens with two attached hydrogens (primary N) is 1. The highest BCUT2D eigenvalue weighted by Gasteiger charge is 2.28. The van der Waals surface area contributed by atoms with Crippen LogP contribution in [0.3, 0.4) is 0 Å². The monoisotopic (exact) mass is 326 g/mol. The summed E-state index contributed by atoms with van der Waals surface area (Å²) in [5.41, 5.74) is 5.84. The Balaban J connectivity index is 3.33. The highest BCUT2D eigenvalue weighted by molar-refractivity contribution is 7.89. The molecule has 19 heavy (non-hydrogen) atoms. The third-order valence-electron chi connectivity index (χ3n) is 2.44. The van der Waals surface area contributed by atoms with Crippen LogP contribution >= 0.6 is 23.2 Å². The summed E-state index contributed by atoms with van der Waals surface area (Å²) >= 11 is 11.9. The third kappa shape index (κ3) is 3.73. The van der Waals surface area contributed by atoms with E-state index in [1.54, 1.807) is 0 Å². The number of aliphatic hydroxyl groups excluding tert-OH is 1. The van der Waals surface area contributed by atoms with Crippen molar-refractivity contribution < 1.29 is 13.5 Å². The molecule has 1 rings (SSSR count). The van der Waals surface area contributed by atoms with Crippen LogP contribution in [-0.2, 0) is 10.0 Å². The van der Waals surface area contributed by atoms with Crippen LogP contribution in [-0.4, -0.2) is 37.5 Å². The minimum absolute atomic E-state index is 0.00674. The lowest BCUT2D eigenvalue weighted by molar-refractivity contribution is 0.253. The van der Waals surface area contributed by atoms with E-state index in [0.717, 1.165) is 4.31 Å². The summed E-state index contributed by atoms with van der Waals surface area (Å²) < 4.78 is 26.1. The lowest BCUT2D eigenvalue weighted by Gasteiger charge is -2.22. The van der Waals surface area contributed by atoms with E-state index in [-0.39, 0.29) is 40.3 Å². The summed E-state index contributed by atoms with van der Waals surface area (Å²) in [6.07, 6.45) is 0.615. The molecule has 0 aliphatic rings. The van der Waals surface area contributed by atoms with Crippen LogP contribution in [0.1, 0.15) is 13.3 Å². The maximum Gasteiger partial charge on any atom is 0.246 e. The molecule has 0 fully saturated rings. The van der Waals surface area contributed by atoms with Crippen molar-refractivity contribution in [1.29, 1.82) is 0 Å². The first-order valence-corrected chi connectivity index (χ1v) is 7.89. The van der Waals surface area contributed by atoms with Gasteiger partial charge in [0.1, 0.15) is 4.90 Å². The van der Waals surface area contributed by atoms with Gasteiger partial charge >= 0.3 is 0 Å². The largest absolute Gasteiger partial charge is 0.399 e. The zero-order chi connectivity index (χ0) is 14.6. The number of nitrogen functional groups attached to an aromatic ring is 1. The third-order valence-corrected chi connectivity index (χ3v) is 5.26. The first-order valence-electron chi connectivity index (χ1n) is 5.70. The smallest absolute Gasteiger partial charge is 0.246 e. The van der Waals surface area contributed by atoms with Crippen LogP contribution in [0.5, 0.6) is 0 Å². The molecule has 1 aromatic carbocycles. The molecule has 0 aliphatic carbocycles. The van der Waals surface area contributed by atoms with Crippen LogP contribution in [0.2, 0.25) is 10.0 Å². The van der Waals surface area contributed by atoms with Crippen molar-refractivity contribution in [3.05, 3.63) is 22.2 Å². The summed E-state index contributed by atoms with van der Waals surface area (Å²) in [5.74, 6) is 0. The lowest BCUT2D eigenvalue weighted by atomic mass is 10.3. The summed E-state index contributed by atoms with van der Waals surface area (Å²) in [6, 6.07) is 2.67. The second kappa shape index (κ2) is 6.76. The fourth-order valence-corrected chi connectivity index (χ4v) is 4.37. The van der Waals surface area contributed by atoms with Crippen LogP contribution in [0.15, 0.2) is 17.0 Å². The minimum Gasteiger partial charge on any atom is -0.399 e. The van der Waals surface area contributed by atoms with E-state index in [9.17, 15) is 8.42 Å². The van der Waals surface area contributed by atoms with Gasteiger partial charge < -0.3 is 10.8 Å². The average molecular weight is 327 g/mol. The number of anilines is 1. The zero-order valence-corrected chi connectivity index (χ0v) is 12.8. The molecule has 0 aliphatic heterocycles. The zero-order valence-electron chi connectivity index (χ0n) is 10.4. The topological polar surface area (TPSA) is 83.6 Å². The van der Waals surface area contributed by atoms with Gasteiger partial charge in [0, 0.05) is 18.8 Å². The Morgan fingerprint density at radius 3 is 2.21 bits per heavy atom. The van der Waals surface area contributed by atoms with Crippen molar-refractivity contribution >= 4 is 38.9 Å². The van der Waals surface area contributed by atoms with E-state index in [2.05, 4.69) is 0 Å². The quantitative estimate of drug-likeness (QED) is 0.783. The molecule has 0 amide bonds. The normalized spacial score (nSPS) is 12.1. The Hall–Kier alpha value is -0.530. The summed E-state index contributed by atoms with van der Waals surface area (Å²) in [4.78, 5) is -0.174. The Bertz CT molecular complexity index is 520. The predicted octanol–water partition coefficient (Wildman–Crippen LogP) is 1.97. The number of halogens is 2. The van der Waals surface area contributed by atoms with Crippen LogP contribution in [0.4, 0.5) is 5.69 Å². The fraction of sp³-hybridized carbons (Fsp3) is 0.455. The molecule has 0 atom stereocenters. The van der Waals surface area contributed by atoms with E-state index in [4.69, 9.17) is 34.0 Å². The molecule has 0 heterocycles. The highest BCUT2D eigenvalue weighted by atomic mass is 35.5. The summed E-state index contributed by atoms with van der Waals surface area (Å²) in [7, 11) is -3.85. The van der Waals surface area contributed by atoms with Crippen LogP contribution in [0.25, 0.3) is 0 Å².